The molecule has 1 aliphatic heterocycles. The predicted octanol–water partition coefficient (Wildman–Crippen LogP) is -0.0775. The fourth-order valence-electron chi connectivity index (χ4n) is 0.882. The number of halogens is 1. The molecule has 1 heterocycles. The minimum atomic E-state index is -0.282. The molecule has 3 heteroatoms. The largest absolute Gasteiger partial charge is 0.390 e. The molecule has 9 heavy (non-hydrogen) atoms. The summed E-state index contributed by atoms with van der Waals surface area (Å²) >= 11 is 2.99. The van der Waals surface area contributed by atoms with Gasteiger partial charge >= 0.3 is 0 Å². The van der Waals surface area contributed by atoms with Crippen LogP contribution in [-0.2, 0) is 0 Å². The van der Waals surface area contributed by atoms with Gasteiger partial charge in [0, 0.05) is 29.0 Å². The van der Waals surface area contributed by atoms with Gasteiger partial charge in [-0.05, 0) is 4.83 Å². The molecule has 0 amide bonds. The Morgan fingerprint density at radius 1 is 1.56 bits per heavy atom. The number of hydrogen-bond acceptors (Lipinski definition) is 2. The van der Waals surface area contributed by atoms with E-state index in [1.165, 1.54) is 0 Å². The van der Waals surface area contributed by atoms with Gasteiger partial charge in [-0.2, -0.15) is 0 Å². The fraction of sp³-hybridized carbons (Fsp3) is 0.667. The van der Waals surface area contributed by atoms with Crippen molar-refractivity contribution in [3.8, 4) is 10.8 Å². The summed E-state index contributed by atoms with van der Waals surface area (Å²) in [5.74, 6) is 2.96. The zero-order chi connectivity index (χ0) is 6.69. The van der Waals surface area contributed by atoms with Crippen LogP contribution in [0, 0.1) is 16.7 Å². The molecule has 1 saturated heterocycles. The maximum atomic E-state index is 9.13. The molecule has 2 nitrogen and oxygen atoms in total. The Labute approximate surface area is 62.8 Å². The summed E-state index contributed by atoms with van der Waals surface area (Å²) in [5, 5.41) is 12.2. The van der Waals surface area contributed by atoms with Gasteiger partial charge in [0.05, 0.1) is 12.0 Å². The summed E-state index contributed by atoms with van der Waals surface area (Å²) in [6, 6.07) is 0. The lowest BCUT2D eigenvalue weighted by molar-refractivity contribution is 0.171. The Bertz CT molecular complexity index is 149. The van der Waals surface area contributed by atoms with E-state index < -0.39 is 0 Å². The van der Waals surface area contributed by atoms with Crippen LogP contribution in [0.4, 0.5) is 0 Å². The Kier molecular flexibility index (Phi) is 2.52. The summed E-state index contributed by atoms with van der Waals surface area (Å²) in [7, 11) is 0. The van der Waals surface area contributed by atoms with Crippen LogP contribution < -0.4 is 5.32 Å². The highest BCUT2D eigenvalue weighted by molar-refractivity contribution is 9.12. The van der Waals surface area contributed by atoms with Gasteiger partial charge in [-0.3, -0.25) is 0 Å². The summed E-state index contributed by atoms with van der Waals surface area (Å²) in [6.45, 7) is 1.48. The lowest BCUT2D eigenvalue weighted by atomic mass is 10.1. The number of aliphatic hydroxyl groups is 1. The van der Waals surface area contributed by atoms with Crippen molar-refractivity contribution in [2.45, 2.75) is 6.10 Å². The third-order valence-electron chi connectivity index (χ3n) is 1.42. The van der Waals surface area contributed by atoms with Crippen molar-refractivity contribution in [1.82, 2.24) is 5.32 Å². The smallest absolute Gasteiger partial charge is 0.0814 e. The average Bonchev–Trinajstić information content (AvgIpc) is 2.18. The first-order chi connectivity index (χ1) is 4.34. The molecule has 1 aliphatic rings. The Morgan fingerprint density at radius 2 is 2.33 bits per heavy atom. The van der Waals surface area contributed by atoms with Gasteiger partial charge in [0.1, 0.15) is 0 Å². The van der Waals surface area contributed by atoms with E-state index in [-0.39, 0.29) is 12.0 Å². The van der Waals surface area contributed by atoms with Gasteiger partial charge in [0.25, 0.3) is 0 Å². The Balaban J connectivity index is 2.46. The minimum absolute atomic E-state index is 0.115. The minimum Gasteiger partial charge on any atom is -0.390 e. The quantitative estimate of drug-likeness (QED) is 0.523. The number of aliphatic hydroxyl groups excluding tert-OH is 1. The van der Waals surface area contributed by atoms with Gasteiger partial charge < -0.3 is 10.4 Å². The van der Waals surface area contributed by atoms with Crippen molar-refractivity contribution < 1.29 is 5.11 Å². The van der Waals surface area contributed by atoms with Crippen LogP contribution >= 0.6 is 15.9 Å². The first-order valence-electron chi connectivity index (χ1n) is 2.84. The molecule has 1 fully saturated rings. The van der Waals surface area contributed by atoms with Crippen molar-refractivity contribution in [2.75, 3.05) is 13.1 Å². The zero-order valence-electron chi connectivity index (χ0n) is 4.89. The van der Waals surface area contributed by atoms with Gasteiger partial charge in [-0.1, -0.05) is 5.92 Å². The molecule has 1 rings (SSSR count). The summed E-state index contributed by atoms with van der Waals surface area (Å²) in [6.07, 6.45) is -0.282. The third-order valence-corrected chi connectivity index (χ3v) is 1.65. The SMILES string of the molecule is O[C@H]1CNC[C@@H]1C#CBr. The molecular formula is C6H8BrNO. The third kappa shape index (κ3) is 1.68. The monoisotopic (exact) mass is 189 g/mol. The molecule has 0 aliphatic carbocycles. The predicted molar refractivity (Wildman–Crippen MR) is 39.1 cm³/mol. The molecule has 2 atom stereocenters. The van der Waals surface area contributed by atoms with E-state index in [1.807, 2.05) is 0 Å². The molecule has 0 aromatic rings. The van der Waals surface area contributed by atoms with Gasteiger partial charge in [-0.15, -0.1) is 0 Å². The van der Waals surface area contributed by atoms with Crippen LogP contribution in [-0.4, -0.2) is 24.3 Å². The highest BCUT2D eigenvalue weighted by atomic mass is 79.9. The van der Waals surface area contributed by atoms with Crippen molar-refractivity contribution >= 4 is 15.9 Å². The fourth-order valence-corrected chi connectivity index (χ4v) is 1.18. The van der Waals surface area contributed by atoms with Crippen LogP contribution in [0.5, 0.6) is 0 Å². The molecule has 0 bridgehead atoms. The second-order valence-electron chi connectivity index (χ2n) is 2.07. The van der Waals surface area contributed by atoms with Crippen LogP contribution in [0.1, 0.15) is 0 Å². The van der Waals surface area contributed by atoms with Crippen LogP contribution in [0.25, 0.3) is 0 Å². The van der Waals surface area contributed by atoms with Gasteiger partial charge in [-0.25, -0.2) is 0 Å². The second-order valence-corrected chi connectivity index (χ2v) is 2.47. The highest BCUT2D eigenvalue weighted by Gasteiger charge is 2.22. The molecular weight excluding hydrogens is 182 g/mol. The van der Waals surface area contributed by atoms with E-state index in [2.05, 4.69) is 32.0 Å². The van der Waals surface area contributed by atoms with Crippen LogP contribution in [0.2, 0.25) is 0 Å². The van der Waals surface area contributed by atoms with Gasteiger partial charge in [0.15, 0.2) is 0 Å². The normalized spacial score (nSPS) is 33.6. The lowest BCUT2D eigenvalue weighted by Gasteiger charge is -2.02. The molecule has 0 radical (unpaired) electrons. The number of hydrogen-bond donors (Lipinski definition) is 2. The van der Waals surface area contributed by atoms with Crippen LogP contribution in [0.15, 0.2) is 0 Å². The van der Waals surface area contributed by atoms with Crippen LogP contribution in [0.3, 0.4) is 0 Å². The molecule has 0 aromatic heterocycles. The maximum absolute atomic E-state index is 9.13. The molecule has 0 spiro atoms. The van der Waals surface area contributed by atoms with E-state index in [9.17, 15) is 0 Å². The van der Waals surface area contributed by atoms with E-state index in [0.717, 1.165) is 6.54 Å². The zero-order valence-corrected chi connectivity index (χ0v) is 6.48. The Hall–Kier alpha value is -0.0400. The highest BCUT2D eigenvalue weighted by Crippen LogP contribution is 2.06. The number of β-amino-alcohol motifs (C(OH)–C–C–N with tert-alkyl or cyclic N) is 1. The second kappa shape index (κ2) is 3.21. The first kappa shape index (κ1) is 7.07. The molecule has 2 N–H and O–H groups in total. The van der Waals surface area contributed by atoms with Crippen molar-refractivity contribution in [3.63, 3.8) is 0 Å². The lowest BCUT2D eigenvalue weighted by Crippen LogP contribution is -2.15. The van der Waals surface area contributed by atoms with Crippen molar-refractivity contribution in [1.29, 1.82) is 0 Å². The maximum Gasteiger partial charge on any atom is 0.0814 e. The van der Waals surface area contributed by atoms with E-state index in [0.29, 0.717) is 6.54 Å². The van der Waals surface area contributed by atoms with Crippen molar-refractivity contribution in [2.24, 2.45) is 5.92 Å². The molecule has 0 saturated carbocycles. The number of nitrogens with one attached hydrogen (secondary N) is 1. The van der Waals surface area contributed by atoms with E-state index in [1.54, 1.807) is 0 Å². The van der Waals surface area contributed by atoms with E-state index >= 15 is 0 Å². The first-order valence-corrected chi connectivity index (χ1v) is 3.64. The van der Waals surface area contributed by atoms with Crippen molar-refractivity contribution in [3.05, 3.63) is 0 Å². The molecule has 0 unspecified atom stereocenters. The standard InChI is InChI=1S/C6H8BrNO/c7-2-1-5-3-8-4-6(5)9/h5-6,8-9H,3-4H2/t5-,6-/m0/s1. The summed E-state index contributed by atoms with van der Waals surface area (Å²) in [4.78, 5) is 2.60. The molecule has 0 aromatic carbocycles. The average molecular weight is 190 g/mol. The topological polar surface area (TPSA) is 32.3 Å². The summed E-state index contributed by atoms with van der Waals surface area (Å²) < 4.78 is 0. The van der Waals surface area contributed by atoms with Gasteiger partial charge in [0.2, 0.25) is 0 Å². The number of rotatable bonds is 0. The van der Waals surface area contributed by atoms with E-state index in [4.69, 9.17) is 5.11 Å². The summed E-state index contributed by atoms with van der Waals surface area (Å²) in [5.41, 5.74) is 0. The Morgan fingerprint density at radius 3 is 2.78 bits per heavy atom. The molecule has 50 valence electrons.